The van der Waals surface area contributed by atoms with E-state index in [1.54, 1.807) is 0 Å². The number of hydrogen-bond donors (Lipinski definition) is 1. The van der Waals surface area contributed by atoms with Crippen LogP contribution in [-0.4, -0.2) is 4.98 Å². The van der Waals surface area contributed by atoms with Crippen molar-refractivity contribution in [2.45, 2.75) is 26.4 Å². The summed E-state index contributed by atoms with van der Waals surface area (Å²) in [6.45, 7) is 5.20. The first-order chi connectivity index (χ1) is 10.2. The monoisotopic (exact) mass is 276 g/mol. The summed E-state index contributed by atoms with van der Waals surface area (Å²) < 4.78 is 0. The van der Waals surface area contributed by atoms with Gasteiger partial charge < -0.3 is 5.32 Å². The lowest BCUT2D eigenvalue weighted by atomic mass is 10.0. The number of aromatic nitrogens is 1. The van der Waals surface area contributed by atoms with Gasteiger partial charge in [0.1, 0.15) is 0 Å². The molecule has 2 heteroatoms. The van der Waals surface area contributed by atoms with Crippen LogP contribution >= 0.6 is 0 Å². The number of hydrogen-bond acceptors (Lipinski definition) is 2. The van der Waals surface area contributed by atoms with Gasteiger partial charge in [0.15, 0.2) is 0 Å². The standard InChI is InChI=1S/C19H20N2/c1-14-5-3-6-16(11-14)15(2)21-13-18-8-4-7-17-12-20-10-9-19(17)18/h3-12,15,21H,13H2,1-2H3/t15-/m0/s1. The van der Waals surface area contributed by atoms with E-state index in [1.807, 2.05) is 12.4 Å². The molecule has 0 radical (unpaired) electrons. The minimum atomic E-state index is 0.335. The Labute approximate surface area is 125 Å². The number of rotatable bonds is 4. The van der Waals surface area contributed by atoms with E-state index in [9.17, 15) is 0 Å². The van der Waals surface area contributed by atoms with Crippen molar-refractivity contribution in [1.82, 2.24) is 10.3 Å². The van der Waals surface area contributed by atoms with Crippen molar-refractivity contribution in [2.75, 3.05) is 0 Å². The van der Waals surface area contributed by atoms with E-state index in [4.69, 9.17) is 0 Å². The maximum Gasteiger partial charge on any atom is 0.0346 e. The molecule has 0 amide bonds. The number of nitrogens with zero attached hydrogens (tertiary/aromatic N) is 1. The van der Waals surface area contributed by atoms with E-state index in [-0.39, 0.29) is 0 Å². The van der Waals surface area contributed by atoms with Crippen LogP contribution in [0, 0.1) is 6.92 Å². The van der Waals surface area contributed by atoms with Crippen LogP contribution in [0.15, 0.2) is 60.9 Å². The quantitative estimate of drug-likeness (QED) is 0.764. The van der Waals surface area contributed by atoms with Crippen molar-refractivity contribution in [3.8, 4) is 0 Å². The summed E-state index contributed by atoms with van der Waals surface area (Å²) in [5.74, 6) is 0. The van der Waals surface area contributed by atoms with Crippen LogP contribution in [0.3, 0.4) is 0 Å². The molecule has 1 heterocycles. The summed E-state index contributed by atoms with van der Waals surface area (Å²) in [5, 5.41) is 6.08. The smallest absolute Gasteiger partial charge is 0.0346 e. The third-order valence-electron chi connectivity index (χ3n) is 3.91. The second-order valence-electron chi connectivity index (χ2n) is 5.53. The Morgan fingerprint density at radius 3 is 2.81 bits per heavy atom. The van der Waals surface area contributed by atoms with Crippen LogP contribution < -0.4 is 5.32 Å². The number of nitrogens with one attached hydrogen (secondary N) is 1. The molecule has 3 aromatic rings. The van der Waals surface area contributed by atoms with E-state index in [0.717, 1.165) is 6.54 Å². The summed E-state index contributed by atoms with van der Waals surface area (Å²) in [6.07, 6.45) is 3.78. The molecule has 1 N–H and O–H groups in total. The molecule has 0 aliphatic rings. The molecular weight excluding hydrogens is 256 g/mol. The Hall–Kier alpha value is -2.19. The van der Waals surface area contributed by atoms with Crippen molar-refractivity contribution in [3.63, 3.8) is 0 Å². The number of fused-ring (bicyclic) bond motifs is 1. The lowest BCUT2D eigenvalue weighted by molar-refractivity contribution is 0.576. The van der Waals surface area contributed by atoms with Gasteiger partial charge in [0.2, 0.25) is 0 Å². The zero-order valence-corrected chi connectivity index (χ0v) is 12.5. The Morgan fingerprint density at radius 1 is 1.10 bits per heavy atom. The van der Waals surface area contributed by atoms with E-state index in [0.29, 0.717) is 6.04 Å². The molecule has 2 nitrogen and oxygen atoms in total. The predicted molar refractivity (Wildman–Crippen MR) is 88.2 cm³/mol. The molecule has 1 aromatic heterocycles. The molecule has 0 spiro atoms. The average Bonchev–Trinajstić information content (AvgIpc) is 2.52. The Morgan fingerprint density at radius 2 is 1.95 bits per heavy atom. The first-order valence-corrected chi connectivity index (χ1v) is 7.35. The molecule has 0 bridgehead atoms. The van der Waals surface area contributed by atoms with Gasteiger partial charge in [-0.3, -0.25) is 4.98 Å². The third-order valence-corrected chi connectivity index (χ3v) is 3.91. The first kappa shape index (κ1) is 13.8. The zero-order chi connectivity index (χ0) is 14.7. The summed E-state index contributed by atoms with van der Waals surface area (Å²) in [7, 11) is 0. The van der Waals surface area contributed by atoms with Gasteiger partial charge >= 0.3 is 0 Å². The van der Waals surface area contributed by atoms with Crippen molar-refractivity contribution in [1.29, 1.82) is 0 Å². The lowest BCUT2D eigenvalue weighted by Crippen LogP contribution is -2.18. The minimum absolute atomic E-state index is 0.335. The van der Waals surface area contributed by atoms with Crippen LogP contribution in [0.5, 0.6) is 0 Å². The normalized spacial score (nSPS) is 12.5. The highest BCUT2D eigenvalue weighted by Gasteiger charge is 2.06. The number of pyridine rings is 1. The van der Waals surface area contributed by atoms with Crippen LogP contribution in [0.2, 0.25) is 0 Å². The second-order valence-corrected chi connectivity index (χ2v) is 5.53. The van der Waals surface area contributed by atoms with Crippen LogP contribution in [0.4, 0.5) is 0 Å². The molecule has 0 unspecified atom stereocenters. The van der Waals surface area contributed by atoms with Crippen LogP contribution in [0.1, 0.15) is 29.7 Å². The largest absolute Gasteiger partial charge is 0.306 e. The van der Waals surface area contributed by atoms with Crippen molar-refractivity contribution in [3.05, 3.63) is 77.6 Å². The fourth-order valence-electron chi connectivity index (χ4n) is 2.66. The van der Waals surface area contributed by atoms with Gasteiger partial charge in [0.25, 0.3) is 0 Å². The summed E-state index contributed by atoms with van der Waals surface area (Å²) in [4.78, 5) is 4.19. The summed E-state index contributed by atoms with van der Waals surface area (Å²) in [5.41, 5.74) is 3.95. The van der Waals surface area contributed by atoms with Gasteiger partial charge in [-0.25, -0.2) is 0 Å². The predicted octanol–water partition coefficient (Wildman–Crippen LogP) is 4.39. The third kappa shape index (κ3) is 3.11. The molecule has 0 saturated heterocycles. The highest BCUT2D eigenvalue weighted by atomic mass is 14.9. The molecule has 106 valence electrons. The Bertz CT molecular complexity index is 744. The second kappa shape index (κ2) is 6.06. The zero-order valence-electron chi connectivity index (χ0n) is 12.5. The van der Waals surface area contributed by atoms with E-state index < -0.39 is 0 Å². The van der Waals surface area contributed by atoms with Gasteiger partial charge in [-0.05, 0) is 36.4 Å². The Kier molecular flexibility index (Phi) is 3.98. The van der Waals surface area contributed by atoms with Crippen LogP contribution in [0.25, 0.3) is 10.8 Å². The van der Waals surface area contributed by atoms with Crippen molar-refractivity contribution >= 4 is 10.8 Å². The summed E-state index contributed by atoms with van der Waals surface area (Å²) >= 11 is 0. The molecule has 0 aliphatic carbocycles. The topological polar surface area (TPSA) is 24.9 Å². The molecular formula is C19H20N2. The molecule has 0 fully saturated rings. The van der Waals surface area contributed by atoms with E-state index in [2.05, 4.69) is 72.7 Å². The fraction of sp³-hybridized carbons (Fsp3) is 0.211. The van der Waals surface area contributed by atoms with Gasteiger partial charge in [0, 0.05) is 30.4 Å². The molecule has 2 aromatic carbocycles. The van der Waals surface area contributed by atoms with Crippen molar-refractivity contribution in [2.24, 2.45) is 0 Å². The van der Waals surface area contributed by atoms with E-state index in [1.165, 1.54) is 27.5 Å². The SMILES string of the molecule is Cc1cccc([C@H](C)NCc2cccc3cnccc23)c1. The van der Waals surface area contributed by atoms with Gasteiger partial charge in [-0.1, -0.05) is 48.0 Å². The molecule has 0 aliphatic heterocycles. The van der Waals surface area contributed by atoms with Gasteiger partial charge in [0.05, 0.1) is 0 Å². The summed E-state index contributed by atoms with van der Waals surface area (Å²) in [6, 6.07) is 17.5. The molecule has 0 saturated carbocycles. The molecule has 21 heavy (non-hydrogen) atoms. The first-order valence-electron chi connectivity index (χ1n) is 7.35. The highest BCUT2D eigenvalue weighted by Crippen LogP contribution is 2.19. The average molecular weight is 276 g/mol. The molecule has 3 rings (SSSR count). The van der Waals surface area contributed by atoms with Crippen LogP contribution in [-0.2, 0) is 6.54 Å². The fourth-order valence-corrected chi connectivity index (χ4v) is 2.66. The minimum Gasteiger partial charge on any atom is -0.306 e. The lowest BCUT2D eigenvalue weighted by Gasteiger charge is -2.16. The Balaban J connectivity index is 1.77. The van der Waals surface area contributed by atoms with Gasteiger partial charge in [-0.2, -0.15) is 0 Å². The maximum atomic E-state index is 4.19. The molecule has 1 atom stereocenters. The highest BCUT2D eigenvalue weighted by molar-refractivity contribution is 5.84. The number of benzene rings is 2. The van der Waals surface area contributed by atoms with Crippen molar-refractivity contribution < 1.29 is 0 Å². The maximum absolute atomic E-state index is 4.19. The van der Waals surface area contributed by atoms with E-state index >= 15 is 0 Å². The van der Waals surface area contributed by atoms with Gasteiger partial charge in [-0.15, -0.1) is 0 Å². The number of aryl methyl sites for hydroxylation is 1.